The van der Waals surface area contributed by atoms with Gasteiger partial charge in [0.2, 0.25) is 18.6 Å². The summed E-state index contributed by atoms with van der Waals surface area (Å²) in [7, 11) is 0. The number of piperidine rings is 1. The lowest BCUT2D eigenvalue weighted by molar-refractivity contribution is -0.140. The molecule has 1 saturated carbocycles. The topological polar surface area (TPSA) is 91.4 Å². The molecule has 9 nitrogen and oxygen atoms in total. The van der Waals surface area contributed by atoms with E-state index in [1.807, 2.05) is 53.4 Å². The molecule has 212 valence electrons. The van der Waals surface area contributed by atoms with Crippen molar-refractivity contribution in [2.75, 3.05) is 38.0 Å². The Hall–Kier alpha value is -3.75. The molecule has 0 aromatic heterocycles. The van der Waals surface area contributed by atoms with Crippen molar-refractivity contribution in [2.24, 2.45) is 5.92 Å². The first-order chi connectivity index (χ1) is 19.5. The zero-order valence-electron chi connectivity index (χ0n) is 23.0. The van der Waals surface area contributed by atoms with E-state index in [0.717, 1.165) is 17.7 Å². The fourth-order valence-electron chi connectivity index (χ4n) is 6.71. The highest BCUT2D eigenvalue weighted by atomic mass is 16.7. The number of para-hydroxylation sites is 1. The lowest BCUT2D eigenvalue weighted by atomic mass is 9.85. The van der Waals surface area contributed by atoms with E-state index in [9.17, 15) is 14.4 Å². The van der Waals surface area contributed by atoms with Crippen LogP contribution in [0.15, 0.2) is 48.5 Å². The van der Waals surface area contributed by atoms with E-state index in [-0.39, 0.29) is 31.1 Å². The van der Waals surface area contributed by atoms with E-state index < -0.39 is 5.54 Å². The molecule has 2 saturated heterocycles. The van der Waals surface area contributed by atoms with Crippen molar-refractivity contribution in [1.82, 2.24) is 15.1 Å². The average Bonchev–Trinajstić information content (AvgIpc) is 3.73. The summed E-state index contributed by atoms with van der Waals surface area (Å²) in [5.74, 6) is 2.02. The number of benzene rings is 2. The Morgan fingerprint density at radius 1 is 0.975 bits per heavy atom. The third-order valence-corrected chi connectivity index (χ3v) is 9.03. The Balaban J connectivity index is 1.09. The van der Waals surface area contributed by atoms with Crippen molar-refractivity contribution in [3.63, 3.8) is 0 Å². The molecular formula is C31H38N4O5. The summed E-state index contributed by atoms with van der Waals surface area (Å²) >= 11 is 0. The van der Waals surface area contributed by atoms with Crippen LogP contribution in [-0.4, -0.2) is 66.2 Å². The summed E-state index contributed by atoms with van der Waals surface area (Å²) in [6.45, 7) is 1.98. The number of anilines is 1. The van der Waals surface area contributed by atoms with Crippen molar-refractivity contribution in [3.8, 4) is 11.5 Å². The van der Waals surface area contributed by atoms with Crippen molar-refractivity contribution >= 4 is 23.4 Å². The number of carbonyl (C=O) groups excluding carboxylic acids is 3. The predicted molar refractivity (Wildman–Crippen MR) is 150 cm³/mol. The molecule has 6 rings (SSSR count). The molecule has 0 radical (unpaired) electrons. The van der Waals surface area contributed by atoms with E-state index >= 15 is 0 Å². The van der Waals surface area contributed by atoms with Crippen LogP contribution in [0, 0.1) is 5.92 Å². The number of nitrogens with one attached hydrogen (secondary N) is 1. The van der Waals surface area contributed by atoms with Gasteiger partial charge in [-0.05, 0) is 55.0 Å². The van der Waals surface area contributed by atoms with Crippen LogP contribution in [0.1, 0.15) is 56.9 Å². The van der Waals surface area contributed by atoms with Gasteiger partial charge in [0, 0.05) is 31.7 Å². The molecule has 3 aliphatic heterocycles. The maximum Gasteiger partial charge on any atom is 0.250 e. The molecule has 9 heteroatoms. The maximum atomic E-state index is 14.0. The van der Waals surface area contributed by atoms with Crippen LogP contribution in [0.3, 0.4) is 0 Å². The first kappa shape index (κ1) is 26.5. The normalized spacial score (nSPS) is 20.0. The molecule has 0 unspecified atom stereocenters. The van der Waals surface area contributed by atoms with Gasteiger partial charge in [-0.3, -0.25) is 14.4 Å². The van der Waals surface area contributed by atoms with Crippen LogP contribution >= 0.6 is 0 Å². The number of ether oxygens (including phenoxy) is 2. The van der Waals surface area contributed by atoms with Gasteiger partial charge in [-0.1, -0.05) is 49.9 Å². The molecule has 2 aromatic rings. The van der Waals surface area contributed by atoms with Crippen LogP contribution in [0.2, 0.25) is 0 Å². The number of amides is 3. The van der Waals surface area contributed by atoms with Gasteiger partial charge in [0.15, 0.2) is 11.5 Å². The second-order valence-electron chi connectivity index (χ2n) is 11.5. The second kappa shape index (κ2) is 11.4. The number of likely N-dealkylation sites (tertiary alicyclic amines) is 1. The quantitative estimate of drug-likeness (QED) is 0.544. The van der Waals surface area contributed by atoms with Gasteiger partial charge in [0.05, 0.1) is 6.67 Å². The number of hydrogen-bond acceptors (Lipinski definition) is 6. The Bertz CT molecular complexity index is 1240. The smallest absolute Gasteiger partial charge is 0.250 e. The van der Waals surface area contributed by atoms with Crippen LogP contribution in [0.5, 0.6) is 11.5 Å². The minimum atomic E-state index is -0.749. The first-order valence-corrected chi connectivity index (χ1v) is 14.6. The molecule has 1 N–H and O–H groups in total. The fraction of sp³-hybridized carbons (Fsp3) is 0.516. The molecule has 4 aliphatic rings. The lowest BCUT2D eigenvalue weighted by Crippen LogP contribution is -2.57. The molecule has 3 fully saturated rings. The zero-order valence-corrected chi connectivity index (χ0v) is 23.0. The van der Waals surface area contributed by atoms with Gasteiger partial charge in [0.1, 0.15) is 12.1 Å². The number of nitrogens with zero attached hydrogens (tertiary/aromatic N) is 3. The Labute approximate surface area is 235 Å². The van der Waals surface area contributed by atoms with E-state index in [1.165, 1.54) is 25.7 Å². The summed E-state index contributed by atoms with van der Waals surface area (Å²) in [6.07, 6.45) is 7.77. The van der Waals surface area contributed by atoms with Gasteiger partial charge < -0.3 is 29.5 Å². The zero-order chi connectivity index (χ0) is 27.5. The second-order valence-corrected chi connectivity index (χ2v) is 11.5. The monoisotopic (exact) mass is 546 g/mol. The summed E-state index contributed by atoms with van der Waals surface area (Å²) < 4.78 is 10.8. The van der Waals surface area contributed by atoms with E-state index in [2.05, 4.69) is 10.2 Å². The molecular weight excluding hydrogens is 508 g/mol. The van der Waals surface area contributed by atoms with Crippen molar-refractivity contribution in [3.05, 3.63) is 54.1 Å². The third-order valence-electron chi connectivity index (χ3n) is 9.03. The van der Waals surface area contributed by atoms with E-state index in [0.29, 0.717) is 63.0 Å². The first-order valence-electron chi connectivity index (χ1n) is 14.6. The molecule has 0 atom stereocenters. The van der Waals surface area contributed by atoms with Crippen molar-refractivity contribution in [1.29, 1.82) is 0 Å². The lowest BCUT2D eigenvalue weighted by Gasteiger charge is -2.43. The van der Waals surface area contributed by atoms with Gasteiger partial charge in [-0.2, -0.15) is 0 Å². The van der Waals surface area contributed by atoms with Crippen LogP contribution < -0.4 is 19.7 Å². The molecule has 40 heavy (non-hydrogen) atoms. The van der Waals surface area contributed by atoms with Gasteiger partial charge in [0.25, 0.3) is 5.91 Å². The highest BCUT2D eigenvalue weighted by Gasteiger charge is 2.54. The average molecular weight is 547 g/mol. The van der Waals surface area contributed by atoms with Crippen molar-refractivity contribution in [2.45, 2.75) is 63.5 Å². The Morgan fingerprint density at radius 3 is 2.50 bits per heavy atom. The summed E-state index contributed by atoms with van der Waals surface area (Å²) in [5, 5.41) is 2.94. The largest absolute Gasteiger partial charge is 0.454 e. The molecule has 1 spiro atoms. The van der Waals surface area contributed by atoms with Gasteiger partial charge in [-0.15, -0.1) is 0 Å². The van der Waals surface area contributed by atoms with Crippen molar-refractivity contribution < 1.29 is 23.9 Å². The predicted octanol–water partition coefficient (Wildman–Crippen LogP) is 3.67. The van der Waals surface area contributed by atoms with Gasteiger partial charge in [-0.25, -0.2) is 0 Å². The minimum Gasteiger partial charge on any atom is -0.454 e. The molecule has 0 bridgehead atoms. The molecule has 3 heterocycles. The summed E-state index contributed by atoms with van der Waals surface area (Å²) in [6, 6.07) is 15.5. The molecule has 2 aromatic carbocycles. The summed E-state index contributed by atoms with van der Waals surface area (Å²) in [5.41, 5.74) is 1.11. The number of fused-ring (bicyclic) bond motifs is 1. The van der Waals surface area contributed by atoms with E-state index in [4.69, 9.17) is 9.47 Å². The fourth-order valence-corrected chi connectivity index (χ4v) is 6.71. The SMILES string of the molecule is O=C(CN1CN(c2ccccc2)C2(CCN(C(=O)CCC3CCCC3)CC2)C1=O)NCc1ccc2c(c1)OCO2. The number of hydrogen-bond donors (Lipinski definition) is 1. The van der Waals surface area contributed by atoms with Crippen LogP contribution in [0.4, 0.5) is 5.69 Å². The highest BCUT2D eigenvalue weighted by molar-refractivity contribution is 5.96. The molecule has 3 amide bonds. The Morgan fingerprint density at radius 2 is 1.73 bits per heavy atom. The van der Waals surface area contributed by atoms with E-state index in [1.54, 1.807) is 4.90 Å². The number of carbonyl (C=O) groups is 3. The molecule has 1 aliphatic carbocycles. The van der Waals surface area contributed by atoms with Gasteiger partial charge >= 0.3 is 0 Å². The number of rotatable bonds is 8. The standard InChI is InChI=1S/C31H38N4O5/c36-28(32-19-24-10-12-26-27(18-24)40-22-39-26)20-34-21-35(25-8-2-1-3-9-25)31(30(34)38)14-16-33(17-15-31)29(37)13-11-23-6-4-5-7-23/h1-3,8-10,12,18,23H,4-7,11,13-17,19-22H2,(H,32,36). The minimum absolute atomic E-state index is 0.0154. The highest BCUT2D eigenvalue weighted by Crippen LogP contribution is 2.40. The maximum absolute atomic E-state index is 14.0. The van der Waals surface area contributed by atoms with Crippen LogP contribution in [0.25, 0.3) is 0 Å². The summed E-state index contributed by atoms with van der Waals surface area (Å²) in [4.78, 5) is 45.6. The third kappa shape index (κ3) is 5.33. The Kier molecular flexibility index (Phi) is 7.54. The van der Waals surface area contributed by atoms with Crippen LogP contribution in [-0.2, 0) is 20.9 Å².